The van der Waals surface area contributed by atoms with Crippen molar-refractivity contribution >= 4 is 17.4 Å². The minimum atomic E-state index is -0.695. The first-order valence-corrected chi connectivity index (χ1v) is 10.5. The Bertz CT molecular complexity index is 1220. The number of ether oxygens (including phenoxy) is 1. The first-order valence-electron chi connectivity index (χ1n) is 10.5. The predicted octanol–water partition coefficient (Wildman–Crippen LogP) is 4.03. The highest BCUT2D eigenvalue weighted by Gasteiger charge is 2.46. The molecule has 5 rings (SSSR count). The van der Waals surface area contributed by atoms with E-state index in [-0.39, 0.29) is 24.0 Å². The molecule has 6 heteroatoms. The summed E-state index contributed by atoms with van der Waals surface area (Å²) < 4.78 is 5.75. The number of aliphatic hydroxyl groups excluding tert-OH is 1. The van der Waals surface area contributed by atoms with Crippen molar-refractivity contribution in [1.29, 1.82) is 0 Å². The van der Waals surface area contributed by atoms with Gasteiger partial charge in [0.05, 0.1) is 11.6 Å². The van der Waals surface area contributed by atoms with Crippen molar-refractivity contribution < 1.29 is 19.4 Å². The average Bonchev–Trinajstić information content (AvgIpc) is 3.31. The van der Waals surface area contributed by atoms with Crippen LogP contribution in [-0.4, -0.2) is 32.8 Å². The summed E-state index contributed by atoms with van der Waals surface area (Å²) in [5, 5.41) is 11.2. The molecule has 6 nitrogen and oxygen atoms in total. The highest BCUT2D eigenvalue weighted by molar-refractivity contribution is 6.46. The molecule has 0 saturated carbocycles. The first-order chi connectivity index (χ1) is 15.5. The molecule has 2 aromatic carbocycles. The molecule has 2 aliphatic heterocycles. The van der Waals surface area contributed by atoms with Gasteiger partial charge in [0.15, 0.2) is 0 Å². The Hall–Kier alpha value is -3.93. The van der Waals surface area contributed by atoms with Crippen LogP contribution in [0.5, 0.6) is 5.75 Å². The summed E-state index contributed by atoms with van der Waals surface area (Å²) in [6, 6.07) is 17.6. The lowest BCUT2D eigenvalue weighted by molar-refractivity contribution is -0.140. The standard InChI is InChI=1S/C26H22N2O4/c1-16-12-20-13-19(9-10-21(20)32-16)24(29)22-23(18-7-3-2-4-8-18)28(26(31)25(22)30)15-17-6-5-11-27-14-17/h2-11,13-14,16,23,29H,12,15H2,1H3/b24-22-. The van der Waals surface area contributed by atoms with E-state index in [9.17, 15) is 14.7 Å². The van der Waals surface area contributed by atoms with Gasteiger partial charge in [0, 0.05) is 30.9 Å². The Balaban J connectivity index is 1.62. The highest BCUT2D eigenvalue weighted by Crippen LogP contribution is 2.41. The molecule has 32 heavy (non-hydrogen) atoms. The second-order valence-electron chi connectivity index (χ2n) is 8.15. The van der Waals surface area contributed by atoms with E-state index in [2.05, 4.69) is 4.98 Å². The summed E-state index contributed by atoms with van der Waals surface area (Å²) in [7, 11) is 0. The molecule has 2 aliphatic rings. The molecule has 3 aromatic rings. The van der Waals surface area contributed by atoms with Crippen LogP contribution in [0.4, 0.5) is 0 Å². The Morgan fingerprint density at radius 1 is 1.12 bits per heavy atom. The molecule has 1 fully saturated rings. The van der Waals surface area contributed by atoms with Gasteiger partial charge in [0.1, 0.15) is 17.6 Å². The van der Waals surface area contributed by atoms with Gasteiger partial charge >= 0.3 is 0 Å². The second-order valence-corrected chi connectivity index (χ2v) is 8.15. The number of amides is 1. The fourth-order valence-electron chi connectivity index (χ4n) is 4.44. The van der Waals surface area contributed by atoms with Crippen molar-refractivity contribution in [3.63, 3.8) is 0 Å². The number of rotatable bonds is 4. The van der Waals surface area contributed by atoms with Crippen LogP contribution in [0.25, 0.3) is 5.76 Å². The quantitative estimate of drug-likeness (QED) is 0.387. The van der Waals surface area contributed by atoms with Crippen LogP contribution < -0.4 is 4.74 Å². The van der Waals surface area contributed by atoms with E-state index >= 15 is 0 Å². The van der Waals surface area contributed by atoms with Gasteiger partial charge in [-0.3, -0.25) is 14.6 Å². The molecule has 0 radical (unpaired) electrons. The van der Waals surface area contributed by atoms with Crippen LogP contribution in [0.15, 0.2) is 78.6 Å². The second kappa shape index (κ2) is 7.96. The van der Waals surface area contributed by atoms with Crippen molar-refractivity contribution in [3.05, 3.63) is 101 Å². The van der Waals surface area contributed by atoms with Crippen LogP contribution in [0.3, 0.4) is 0 Å². The van der Waals surface area contributed by atoms with E-state index < -0.39 is 17.7 Å². The molecule has 1 aromatic heterocycles. The van der Waals surface area contributed by atoms with Crippen molar-refractivity contribution in [3.8, 4) is 5.75 Å². The number of nitrogens with zero attached hydrogens (tertiary/aromatic N) is 2. The number of ketones is 1. The number of carbonyl (C=O) groups excluding carboxylic acids is 2. The maximum atomic E-state index is 13.1. The third kappa shape index (κ3) is 3.43. The Morgan fingerprint density at radius 3 is 2.69 bits per heavy atom. The third-order valence-electron chi connectivity index (χ3n) is 5.90. The number of aromatic nitrogens is 1. The van der Waals surface area contributed by atoms with Gasteiger partial charge in [0.2, 0.25) is 0 Å². The molecular formula is C26H22N2O4. The lowest BCUT2D eigenvalue weighted by Crippen LogP contribution is -2.29. The van der Waals surface area contributed by atoms with E-state index in [1.807, 2.05) is 49.4 Å². The van der Waals surface area contributed by atoms with E-state index in [1.54, 1.807) is 30.6 Å². The molecule has 1 N–H and O–H groups in total. The minimum absolute atomic E-state index is 0.0665. The molecule has 0 bridgehead atoms. The Morgan fingerprint density at radius 2 is 1.94 bits per heavy atom. The molecule has 3 heterocycles. The van der Waals surface area contributed by atoms with Gasteiger partial charge < -0.3 is 14.7 Å². The minimum Gasteiger partial charge on any atom is -0.507 e. The van der Waals surface area contributed by atoms with Gasteiger partial charge in [-0.05, 0) is 47.9 Å². The number of aliphatic hydroxyl groups is 1. The lowest BCUT2D eigenvalue weighted by atomic mass is 9.94. The normalized spacial score (nSPS) is 21.5. The number of likely N-dealkylation sites (tertiary alicyclic amines) is 1. The lowest BCUT2D eigenvalue weighted by Gasteiger charge is -2.25. The number of carbonyl (C=O) groups is 2. The molecule has 1 amide bonds. The first kappa shape index (κ1) is 20.0. The zero-order chi connectivity index (χ0) is 22.2. The fourth-order valence-corrected chi connectivity index (χ4v) is 4.44. The van der Waals surface area contributed by atoms with Gasteiger partial charge in [0.25, 0.3) is 11.7 Å². The molecule has 0 aliphatic carbocycles. The smallest absolute Gasteiger partial charge is 0.295 e. The van der Waals surface area contributed by atoms with Crippen LogP contribution in [-0.2, 0) is 22.6 Å². The Kier molecular flexibility index (Phi) is 4.98. The number of fused-ring (bicyclic) bond motifs is 1. The monoisotopic (exact) mass is 426 g/mol. The van der Waals surface area contributed by atoms with E-state index in [1.165, 1.54) is 4.90 Å². The summed E-state index contributed by atoms with van der Waals surface area (Å²) in [6.07, 6.45) is 4.12. The van der Waals surface area contributed by atoms with Gasteiger partial charge in [-0.25, -0.2) is 0 Å². The molecular weight excluding hydrogens is 404 g/mol. The zero-order valence-electron chi connectivity index (χ0n) is 17.6. The van der Waals surface area contributed by atoms with Gasteiger partial charge in [-0.1, -0.05) is 36.4 Å². The molecule has 2 atom stereocenters. The topological polar surface area (TPSA) is 79.7 Å². The van der Waals surface area contributed by atoms with Gasteiger partial charge in [-0.2, -0.15) is 0 Å². The maximum Gasteiger partial charge on any atom is 0.295 e. The largest absolute Gasteiger partial charge is 0.507 e. The fraction of sp³-hybridized carbons (Fsp3) is 0.192. The van der Waals surface area contributed by atoms with Crippen molar-refractivity contribution in [2.45, 2.75) is 32.0 Å². The number of pyridine rings is 1. The summed E-state index contributed by atoms with van der Waals surface area (Å²) in [4.78, 5) is 31.8. The van der Waals surface area contributed by atoms with E-state index in [0.717, 1.165) is 28.9 Å². The van der Waals surface area contributed by atoms with Crippen molar-refractivity contribution in [2.24, 2.45) is 0 Å². The van der Waals surface area contributed by atoms with Crippen LogP contribution in [0, 0.1) is 0 Å². The maximum absolute atomic E-state index is 13.1. The van der Waals surface area contributed by atoms with Crippen LogP contribution >= 0.6 is 0 Å². The van der Waals surface area contributed by atoms with Crippen LogP contribution in [0.1, 0.15) is 35.2 Å². The van der Waals surface area contributed by atoms with Gasteiger partial charge in [-0.15, -0.1) is 0 Å². The SMILES string of the molecule is CC1Cc2cc(/C(O)=C3/C(=O)C(=O)N(Cc4cccnc4)C3c3ccccc3)ccc2O1. The average molecular weight is 426 g/mol. The summed E-state index contributed by atoms with van der Waals surface area (Å²) in [5.41, 5.74) is 3.13. The van der Waals surface area contributed by atoms with Crippen LogP contribution in [0.2, 0.25) is 0 Å². The highest BCUT2D eigenvalue weighted by atomic mass is 16.5. The number of benzene rings is 2. The summed E-state index contributed by atoms with van der Waals surface area (Å²) in [6.45, 7) is 2.20. The summed E-state index contributed by atoms with van der Waals surface area (Å²) >= 11 is 0. The number of hydrogen-bond acceptors (Lipinski definition) is 5. The predicted molar refractivity (Wildman–Crippen MR) is 119 cm³/mol. The third-order valence-corrected chi connectivity index (χ3v) is 5.90. The zero-order valence-corrected chi connectivity index (χ0v) is 17.6. The molecule has 1 saturated heterocycles. The van der Waals surface area contributed by atoms with E-state index in [4.69, 9.17) is 4.74 Å². The van der Waals surface area contributed by atoms with Crippen molar-refractivity contribution in [2.75, 3.05) is 0 Å². The van der Waals surface area contributed by atoms with Crippen molar-refractivity contribution in [1.82, 2.24) is 9.88 Å². The molecule has 2 unspecified atom stereocenters. The molecule has 0 spiro atoms. The van der Waals surface area contributed by atoms with E-state index in [0.29, 0.717) is 5.56 Å². The summed E-state index contributed by atoms with van der Waals surface area (Å²) in [5.74, 6) is -0.716. The number of Topliss-reactive ketones (excluding diaryl/α,β-unsaturated/α-hetero) is 1. The number of hydrogen-bond donors (Lipinski definition) is 1. The molecule has 160 valence electrons. The Labute approximate surface area is 185 Å².